The molecule has 0 aromatic heterocycles. The van der Waals surface area contributed by atoms with Gasteiger partial charge >= 0.3 is 5.97 Å². The fraction of sp³-hybridized carbons (Fsp3) is 0.286. The van der Waals surface area contributed by atoms with Crippen LogP contribution in [0.3, 0.4) is 0 Å². The van der Waals surface area contributed by atoms with E-state index in [4.69, 9.17) is 4.74 Å². The first-order valence-corrected chi connectivity index (χ1v) is 10.2. The number of ether oxygens (including phenoxy) is 1. The summed E-state index contributed by atoms with van der Waals surface area (Å²) in [6.07, 6.45) is -0.983. The molecular formula is C21H21FN2O4S. The van der Waals surface area contributed by atoms with Crippen LogP contribution in [-0.2, 0) is 25.7 Å². The van der Waals surface area contributed by atoms with E-state index in [1.807, 2.05) is 24.3 Å². The van der Waals surface area contributed by atoms with Crippen LogP contribution in [0.2, 0.25) is 0 Å². The first-order chi connectivity index (χ1) is 13.9. The second kappa shape index (κ2) is 9.56. The third-order valence-corrected chi connectivity index (χ3v) is 5.45. The SMILES string of the molecule is C[C@H](OC(=O)CCN1C(=O)CSc2ccccc21)C(=O)NCc1ccc(F)cc1. The molecule has 0 bridgehead atoms. The highest BCUT2D eigenvalue weighted by Gasteiger charge is 2.25. The average Bonchev–Trinajstić information content (AvgIpc) is 2.72. The van der Waals surface area contributed by atoms with Gasteiger partial charge in [-0.3, -0.25) is 14.4 Å². The largest absolute Gasteiger partial charge is 0.452 e. The summed E-state index contributed by atoms with van der Waals surface area (Å²) < 4.78 is 18.1. The molecule has 1 heterocycles. The number of esters is 1. The lowest BCUT2D eigenvalue weighted by atomic mass is 10.2. The van der Waals surface area contributed by atoms with Gasteiger partial charge in [0.25, 0.3) is 5.91 Å². The third kappa shape index (κ3) is 5.57. The minimum absolute atomic E-state index is 0.0136. The van der Waals surface area contributed by atoms with E-state index in [0.717, 1.165) is 16.1 Å². The highest BCUT2D eigenvalue weighted by atomic mass is 32.2. The molecule has 0 aliphatic carbocycles. The van der Waals surface area contributed by atoms with Crippen LogP contribution in [0.25, 0.3) is 0 Å². The second-order valence-corrected chi connectivity index (χ2v) is 7.55. The zero-order chi connectivity index (χ0) is 20.8. The van der Waals surface area contributed by atoms with Crippen molar-refractivity contribution in [1.82, 2.24) is 5.32 Å². The molecule has 29 heavy (non-hydrogen) atoms. The van der Waals surface area contributed by atoms with Crippen molar-refractivity contribution in [2.24, 2.45) is 0 Å². The van der Waals surface area contributed by atoms with Crippen molar-refractivity contribution >= 4 is 35.2 Å². The molecule has 0 radical (unpaired) electrons. The molecule has 2 aromatic carbocycles. The molecule has 0 unspecified atom stereocenters. The van der Waals surface area contributed by atoms with Crippen molar-refractivity contribution in [3.05, 3.63) is 59.9 Å². The maximum atomic E-state index is 12.9. The van der Waals surface area contributed by atoms with Crippen LogP contribution in [0.5, 0.6) is 0 Å². The zero-order valence-electron chi connectivity index (χ0n) is 15.9. The third-order valence-electron chi connectivity index (χ3n) is 4.41. The van der Waals surface area contributed by atoms with Crippen LogP contribution in [0, 0.1) is 5.82 Å². The van der Waals surface area contributed by atoms with Crippen LogP contribution in [0.1, 0.15) is 18.9 Å². The van der Waals surface area contributed by atoms with Gasteiger partial charge in [-0.15, -0.1) is 11.8 Å². The second-order valence-electron chi connectivity index (χ2n) is 6.53. The Kier molecular flexibility index (Phi) is 6.87. The van der Waals surface area contributed by atoms with Gasteiger partial charge in [0.15, 0.2) is 6.10 Å². The van der Waals surface area contributed by atoms with Crippen LogP contribution < -0.4 is 10.2 Å². The number of nitrogens with zero attached hydrogens (tertiary/aromatic N) is 1. The van der Waals surface area contributed by atoms with Gasteiger partial charge in [0.1, 0.15) is 5.82 Å². The molecule has 0 saturated heterocycles. The number of thioether (sulfide) groups is 1. The molecular weight excluding hydrogens is 395 g/mol. The summed E-state index contributed by atoms with van der Waals surface area (Å²) in [5.74, 6) is -1.09. The number of halogens is 1. The van der Waals surface area contributed by atoms with E-state index in [2.05, 4.69) is 5.32 Å². The number of hydrogen-bond donors (Lipinski definition) is 1. The topological polar surface area (TPSA) is 75.7 Å². The van der Waals surface area contributed by atoms with E-state index in [1.165, 1.54) is 30.8 Å². The Hall–Kier alpha value is -2.87. The van der Waals surface area contributed by atoms with Crippen molar-refractivity contribution in [3.8, 4) is 0 Å². The Labute approximate surface area is 172 Å². The Morgan fingerprint density at radius 2 is 1.93 bits per heavy atom. The fourth-order valence-corrected chi connectivity index (χ4v) is 3.78. The van der Waals surface area contributed by atoms with E-state index in [-0.39, 0.29) is 31.2 Å². The summed E-state index contributed by atoms with van der Waals surface area (Å²) in [7, 11) is 0. The van der Waals surface area contributed by atoms with E-state index < -0.39 is 18.0 Å². The molecule has 0 spiro atoms. The molecule has 0 saturated carbocycles. The lowest BCUT2D eigenvalue weighted by Gasteiger charge is -2.28. The van der Waals surface area contributed by atoms with E-state index in [0.29, 0.717) is 5.75 Å². The Morgan fingerprint density at radius 3 is 2.69 bits per heavy atom. The maximum Gasteiger partial charge on any atom is 0.308 e. The number of nitrogens with one attached hydrogen (secondary N) is 1. The molecule has 2 aromatic rings. The van der Waals surface area contributed by atoms with Crippen molar-refractivity contribution in [3.63, 3.8) is 0 Å². The number of para-hydroxylation sites is 1. The Balaban J connectivity index is 1.47. The predicted molar refractivity (Wildman–Crippen MR) is 108 cm³/mol. The summed E-state index contributed by atoms with van der Waals surface area (Å²) in [6.45, 7) is 1.88. The highest BCUT2D eigenvalue weighted by molar-refractivity contribution is 8.00. The smallest absolute Gasteiger partial charge is 0.308 e. The van der Waals surface area contributed by atoms with Gasteiger partial charge in [-0.1, -0.05) is 24.3 Å². The van der Waals surface area contributed by atoms with Crippen LogP contribution in [0.4, 0.5) is 10.1 Å². The lowest BCUT2D eigenvalue weighted by molar-refractivity contribution is -0.154. The fourth-order valence-electron chi connectivity index (χ4n) is 2.85. The number of benzene rings is 2. The van der Waals surface area contributed by atoms with Gasteiger partial charge in [-0.2, -0.15) is 0 Å². The standard InChI is InChI=1S/C21H21FN2O4S/c1-14(21(27)23-12-15-6-8-16(22)9-7-15)28-20(26)10-11-24-17-4-2-3-5-18(17)29-13-19(24)25/h2-9,14H,10-13H2,1H3,(H,23,27)/t14-/m0/s1. The normalized spacial score (nSPS) is 14.1. The first-order valence-electron chi connectivity index (χ1n) is 9.18. The number of amides is 2. The van der Waals surface area contributed by atoms with Crippen molar-refractivity contribution in [2.45, 2.75) is 30.9 Å². The minimum atomic E-state index is -0.970. The van der Waals surface area contributed by atoms with Gasteiger partial charge in [0, 0.05) is 18.0 Å². The summed E-state index contributed by atoms with van der Waals surface area (Å²) in [5.41, 5.74) is 1.52. The number of carbonyl (C=O) groups excluding carboxylic acids is 3. The number of rotatable bonds is 7. The van der Waals surface area contributed by atoms with Gasteiger partial charge in [-0.05, 0) is 36.8 Å². The molecule has 3 rings (SSSR count). The molecule has 0 fully saturated rings. The average molecular weight is 416 g/mol. The molecule has 6 nitrogen and oxygen atoms in total. The first kappa shape index (κ1) is 20.9. The van der Waals surface area contributed by atoms with Gasteiger partial charge in [-0.25, -0.2) is 4.39 Å². The predicted octanol–water partition coefficient (Wildman–Crippen LogP) is 2.90. The molecule has 1 aliphatic rings. The molecule has 1 atom stereocenters. The van der Waals surface area contributed by atoms with Gasteiger partial charge in [0.05, 0.1) is 17.9 Å². The summed E-state index contributed by atoms with van der Waals surface area (Å²) in [6, 6.07) is 13.3. The Morgan fingerprint density at radius 1 is 1.21 bits per heavy atom. The van der Waals surface area contributed by atoms with Crippen LogP contribution in [-0.4, -0.2) is 36.2 Å². The zero-order valence-corrected chi connectivity index (χ0v) is 16.7. The summed E-state index contributed by atoms with van der Waals surface area (Å²) in [5, 5.41) is 2.64. The quantitative estimate of drug-likeness (QED) is 0.703. The van der Waals surface area contributed by atoms with Gasteiger partial charge in [0.2, 0.25) is 5.91 Å². The lowest BCUT2D eigenvalue weighted by Crippen LogP contribution is -2.38. The van der Waals surface area contributed by atoms with Crippen LogP contribution >= 0.6 is 11.8 Å². The van der Waals surface area contributed by atoms with E-state index >= 15 is 0 Å². The van der Waals surface area contributed by atoms with Crippen molar-refractivity contribution < 1.29 is 23.5 Å². The molecule has 2 amide bonds. The summed E-state index contributed by atoms with van der Waals surface area (Å²) >= 11 is 1.47. The number of anilines is 1. The van der Waals surface area contributed by atoms with Crippen LogP contribution in [0.15, 0.2) is 53.4 Å². The van der Waals surface area contributed by atoms with Crippen molar-refractivity contribution in [2.75, 3.05) is 17.2 Å². The molecule has 1 aliphatic heterocycles. The molecule has 1 N–H and O–H groups in total. The molecule has 8 heteroatoms. The monoisotopic (exact) mass is 416 g/mol. The number of hydrogen-bond acceptors (Lipinski definition) is 5. The van der Waals surface area contributed by atoms with Crippen molar-refractivity contribution in [1.29, 1.82) is 0 Å². The molecule has 152 valence electrons. The van der Waals surface area contributed by atoms with Gasteiger partial charge < -0.3 is 15.0 Å². The van der Waals surface area contributed by atoms with E-state index in [1.54, 1.807) is 17.0 Å². The summed E-state index contributed by atoms with van der Waals surface area (Å²) in [4.78, 5) is 39.0. The maximum absolute atomic E-state index is 12.9. The van der Waals surface area contributed by atoms with E-state index in [9.17, 15) is 18.8 Å². The Bertz CT molecular complexity index is 904. The highest BCUT2D eigenvalue weighted by Crippen LogP contribution is 2.34. The number of fused-ring (bicyclic) bond motifs is 1. The number of carbonyl (C=O) groups is 3. The minimum Gasteiger partial charge on any atom is -0.452 e.